The number of hydrogen-bond donors (Lipinski definition) is 0. The Hall–Kier alpha value is -1.22. The SMILES string of the molecule is COC(=O)C1CN(C(=O)CSCC#N)CC1C. The van der Waals surface area contributed by atoms with Crippen molar-refractivity contribution in [2.45, 2.75) is 6.92 Å². The summed E-state index contributed by atoms with van der Waals surface area (Å²) >= 11 is 1.30. The van der Waals surface area contributed by atoms with E-state index in [0.717, 1.165) is 0 Å². The number of ether oxygens (including phenoxy) is 1. The van der Waals surface area contributed by atoms with Gasteiger partial charge in [0.05, 0.1) is 30.6 Å². The molecule has 6 heteroatoms. The number of nitriles is 1. The Labute approximate surface area is 105 Å². The fourth-order valence-electron chi connectivity index (χ4n) is 1.90. The van der Waals surface area contributed by atoms with Gasteiger partial charge in [0.25, 0.3) is 0 Å². The number of amides is 1. The first-order chi connectivity index (χ1) is 8.10. The molecule has 1 saturated heterocycles. The second-order valence-corrected chi connectivity index (χ2v) is 5.04. The average Bonchev–Trinajstić information content (AvgIpc) is 2.70. The summed E-state index contributed by atoms with van der Waals surface area (Å²) in [5.41, 5.74) is 0. The molecule has 0 aromatic rings. The molecular weight excluding hydrogens is 240 g/mol. The number of likely N-dealkylation sites (tertiary alicyclic amines) is 1. The molecule has 1 heterocycles. The van der Waals surface area contributed by atoms with Crippen LogP contribution in [0.5, 0.6) is 0 Å². The normalized spacial score (nSPS) is 23.2. The lowest BCUT2D eigenvalue weighted by molar-refractivity contribution is -0.146. The summed E-state index contributed by atoms with van der Waals surface area (Å²) in [4.78, 5) is 24.9. The Balaban J connectivity index is 2.45. The molecule has 0 aromatic carbocycles. The van der Waals surface area contributed by atoms with Crippen LogP contribution in [0.15, 0.2) is 0 Å². The number of carbonyl (C=O) groups excluding carboxylic acids is 2. The van der Waals surface area contributed by atoms with E-state index in [1.807, 2.05) is 13.0 Å². The van der Waals surface area contributed by atoms with Gasteiger partial charge >= 0.3 is 5.97 Å². The summed E-state index contributed by atoms with van der Waals surface area (Å²) in [6, 6.07) is 1.98. The molecule has 0 radical (unpaired) electrons. The van der Waals surface area contributed by atoms with Crippen molar-refractivity contribution in [1.82, 2.24) is 4.90 Å². The summed E-state index contributed by atoms with van der Waals surface area (Å²) < 4.78 is 4.71. The van der Waals surface area contributed by atoms with Crippen LogP contribution < -0.4 is 0 Å². The highest BCUT2D eigenvalue weighted by molar-refractivity contribution is 8.00. The fraction of sp³-hybridized carbons (Fsp3) is 0.727. The quantitative estimate of drug-likeness (QED) is 0.541. The van der Waals surface area contributed by atoms with Gasteiger partial charge < -0.3 is 9.64 Å². The number of methoxy groups -OCH3 is 1. The van der Waals surface area contributed by atoms with E-state index < -0.39 is 0 Å². The van der Waals surface area contributed by atoms with Crippen LogP contribution in [0.3, 0.4) is 0 Å². The van der Waals surface area contributed by atoms with Crippen LogP contribution in [0, 0.1) is 23.2 Å². The van der Waals surface area contributed by atoms with Crippen molar-refractivity contribution in [3.63, 3.8) is 0 Å². The van der Waals surface area contributed by atoms with E-state index in [-0.39, 0.29) is 23.7 Å². The number of nitrogens with zero attached hydrogens (tertiary/aromatic N) is 2. The van der Waals surface area contributed by atoms with E-state index in [0.29, 0.717) is 24.6 Å². The lowest BCUT2D eigenvalue weighted by Crippen LogP contribution is -2.31. The largest absolute Gasteiger partial charge is 0.469 e. The summed E-state index contributed by atoms with van der Waals surface area (Å²) in [5.74, 6) is 0.266. The van der Waals surface area contributed by atoms with Crippen molar-refractivity contribution in [2.24, 2.45) is 11.8 Å². The molecule has 0 aliphatic carbocycles. The standard InChI is InChI=1S/C11H16N2O3S/c1-8-5-13(6-9(8)11(15)16-2)10(14)7-17-4-3-12/h8-9H,4-7H2,1-2H3. The Bertz CT molecular complexity index is 340. The zero-order valence-corrected chi connectivity index (χ0v) is 10.8. The first-order valence-corrected chi connectivity index (χ1v) is 6.56. The highest BCUT2D eigenvalue weighted by atomic mass is 32.2. The molecule has 0 spiro atoms. The molecule has 2 unspecified atom stereocenters. The smallest absolute Gasteiger partial charge is 0.310 e. The zero-order valence-electron chi connectivity index (χ0n) is 10.0. The van der Waals surface area contributed by atoms with Gasteiger partial charge in [-0.05, 0) is 5.92 Å². The van der Waals surface area contributed by atoms with Crippen molar-refractivity contribution >= 4 is 23.6 Å². The van der Waals surface area contributed by atoms with Crippen LogP contribution in [-0.4, -0.2) is 48.5 Å². The molecule has 94 valence electrons. The predicted octanol–water partition coefficient (Wildman–Crippen LogP) is 0.511. The topological polar surface area (TPSA) is 70.4 Å². The molecule has 1 aliphatic heterocycles. The molecule has 1 fully saturated rings. The lowest BCUT2D eigenvalue weighted by Gasteiger charge is -2.15. The Morgan fingerprint density at radius 3 is 2.82 bits per heavy atom. The van der Waals surface area contributed by atoms with Crippen LogP contribution >= 0.6 is 11.8 Å². The van der Waals surface area contributed by atoms with Gasteiger partial charge in [-0.3, -0.25) is 9.59 Å². The number of hydrogen-bond acceptors (Lipinski definition) is 5. The van der Waals surface area contributed by atoms with Crippen LogP contribution in [0.25, 0.3) is 0 Å². The van der Waals surface area contributed by atoms with Gasteiger partial charge in [-0.25, -0.2) is 0 Å². The maximum Gasteiger partial charge on any atom is 0.310 e. The molecule has 1 aliphatic rings. The molecule has 0 bridgehead atoms. The van der Waals surface area contributed by atoms with Gasteiger partial charge in [-0.15, -0.1) is 11.8 Å². The fourth-order valence-corrected chi connectivity index (χ4v) is 2.45. The molecule has 17 heavy (non-hydrogen) atoms. The summed E-state index contributed by atoms with van der Waals surface area (Å²) in [6.07, 6.45) is 0. The van der Waals surface area contributed by atoms with Crippen molar-refractivity contribution in [3.05, 3.63) is 0 Å². The zero-order chi connectivity index (χ0) is 12.8. The van der Waals surface area contributed by atoms with Crippen molar-refractivity contribution in [1.29, 1.82) is 5.26 Å². The molecule has 1 rings (SSSR count). The summed E-state index contributed by atoms with van der Waals surface area (Å²) in [5, 5.41) is 8.38. The number of carbonyl (C=O) groups is 2. The molecule has 0 saturated carbocycles. The minimum absolute atomic E-state index is 0.0106. The maximum atomic E-state index is 11.8. The Kier molecular flexibility index (Phi) is 5.29. The van der Waals surface area contributed by atoms with E-state index >= 15 is 0 Å². The van der Waals surface area contributed by atoms with E-state index in [1.54, 1.807) is 4.90 Å². The van der Waals surface area contributed by atoms with Crippen molar-refractivity contribution in [3.8, 4) is 6.07 Å². The van der Waals surface area contributed by atoms with Crippen molar-refractivity contribution < 1.29 is 14.3 Å². The monoisotopic (exact) mass is 256 g/mol. The molecule has 0 aromatic heterocycles. The first-order valence-electron chi connectivity index (χ1n) is 5.40. The number of thioether (sulfide) groups is 1. The third-order valence-corrected chi connectivity index (χ3v) is 3.65. The van der Waals surface area contributed by atoms with Gasteiger partial charge in [0.2, 0.25) is 5.91 Å². The van der Waals surface area contributed by atoms with Crippen LogP contribution in [-0.2, 0) is 14.3 Å². The molecule has 2 atom stereocenters. The van der Waals surface area contributed by atoms with Gasteiger partial charge in [0.15, 0.2) is 0 Å². The van der Waals surface area contributed by atoms with Crippen LogP contribution in [0.1, 0.15) is 6.92 Å². The van der Waals surface area contributed by atoms with Crippen molar-refractivity contribution in [2.75, 3.05) is 31.7 Å². The van der Waals surface area contributed by atoms with Gasteiger partial charge in [-0.2, -0.15) is 5.26 Å². The van der Waals surface area contributed by atoms with Gasteiger partial charge in [0.1, 0.15) is 0 Å². The highest BCUT2D eigenvalue weighted by Crippen LogP contribution is 2.24. The summed E-state index contributed by atoms with van der Waals surface area (Å²) in [7, 11) is 1.36. The first kappa shape index (κ1) is 13.8. The minimum atomic E-state index is -0.252. The maximum absolute atomic E-state index is 11.8. The molecule has 1 amide bonds. The number of esters is 1. The third kappa shape index (κ3) is 3.63. The minimum Gasteiger partial charge on any atom is -0.469 e. The van der Waals surface area contributed by atoms with Gasteiger partial charge in [-0.1, -0.05) is 6.92 Å². The van der Waals surface area contributed by atoms with E-state index in [4.69, 9.17) is 10.00 Å². The molecular formula is C11H16N2O3S. The van der Waals surface area contributed by atoms with E-state index in [9.17, 15) is 9.59 Å². The third-order valence-electron chi connectivity index (χ3n) is 2.86. The Morgan fingerprint density at radius 2 is 2.24 bits per heavy atom. The average molecular weight is 256 g/mol. The number of rotatable bonds is 4. The van der Waals surface area contributed by atoms with Crippen LogP contribution in [0.4, 0.5) is 0 Å². The Morgan fingerprint density at radius 1 is 1.53 bits per heavy atom. The van der Waals surface area contributed by atoms with E-state index in [1.165, 1.54) is 18.9 Å². The molecule has 5 nitrogen and oxygen atoms in total. The van der Waals surface area contributed by atoms with Crippen LogP contribution in [0.2, 0.25) is 0 Å². The van der Waals surface area contributed by atoms with Gasteiger partial charge in [0, 0.05) is 13.1 Å². The second-order valence-electron chi connectivity index (χ2n) is 4.06. The second kappa shape index (κ2) is 6.50. The lowest BCUT2D eigenvalue weighted by atomic mass is 9.99. The summed E-state index contributed by atoms with van der Waals surface area (Å²) in [6.45, 7) is 2.96. The highest BCUT2D eigenvalue weighted by Gasteiger charge is 2.37. The molecule has 0 N–H and O–H groups in total. The predicted molar refractivity (Wildman–Crippen MR) is 64.2 cm³/mol. The van der Waals surface area contributed by atoms with E-state index in [2.05, 4.69) is 0 Å².